The highest BCUT2D eigenvalue weighted by molar-refractivity contribution is 9.10. The molecule has 0 N–H and O–H groups in total. The van der Waals surface area contributed by atoms with Crippen molar-refractivity contribution in [2.75, 3.05) is 11.4 Å². The first kappa shape index (κ1) is 14.7. The SMILES string of the molecule is O=C1N(CC(F)(F)C(F)(F)F)c2cc(Br)ccc2C12CC2. The Bertz CT molecular complexity index is 623. The monoisotopic (exact) mass is 369 g/mol. The Hall–Kier alpha value is -1.18. The fourth-order valence-electron chi connectivity index (χ4n) is 2.67. The lowest BCUT2D eigenvalue weighted by Gasteiger charge is -2.26. The van der Waals surface area contributed by atoms with Crippen LogP contribution in [0.3, 0.4) is 0 Å². The Morgan fingerprint density at radius 3 is 2.33 bits per heavy atom. The number of hydrogen-bond donors (Lipinski definition) is 0. The maximum atomic E-state index is 13.3. The van der Waals surface area contributed by atoms with Crippen molar-refractivity contribution in [3.8, 4) is 0 Å². The van der Waals surface area contributed by atoms with Gasteiger partial charge in [0.25, 0.3) is 0 Å². The lowest BCUT2D eigenvalue weighted by atomic mass is 9.98. The molecule has 1 saturated carbocycles. The number of benzene rings is 1. The van der Waals surface area contributed by atoms with Crippen molar-refractivity contribution < 1.29 is 26.7 Å². The van der Waals surface area contributed by atoms with Crippen molar-refractivity contribution in [2.24, 2.45) is 0 Å². The van der Waals surface area contributed by atoms with Crippen molar-refractivity contribution in [3.05, 3.63) is 28.2 Å². The van der Waals surface area contributed by atoms with Gasteiger partial charge in [0.15, 0.2) is 0 Å². The van der Waals surface area contributed by atoms with Crippen LogP contribution < -0.4 is 4.90 Å². The number of anilines is 1. The summed E-state index contributed by atoms with van der Waals surface area (Å²) in [6, 6.07) is 4.67. The first-order chi connectivity index (χ1) is 9.58. The summed E-state index contributed by atoms with van der Waals surface area (Å²) in [4.78, 5) is 12.8. The maximum Gasteiger partial charge on any atom is 0.455 e. The molecule has 114 valence electrons. The molecule has 0 aromatic heterocycles. The summed E-state index contributed by atoms with van der Waals surface area (Å²) in [7, 11) is 0. The average Bonchev–Trinajstić information content (AvgIpc) is 3.11. The number of nitrogens with zero attached hydrogens (tertiary/aromatic N) is 1. The normalized spacial score (nSPS) is 20.1. The number of carbonyl (C=O) groups excluding carboxylic acids is 1. The molecule has 0 bridgehead atoms. The van der Waals surface area contributed by atoms with Gasteiger partial charge in [-0.05, 0) is 30.5 Å². The van der Waals surface area contributed by atoms with E-state index in [0.717, 1.165) is 0 Å². The van der Waals surface area contributed by atoms with Crippen LogP contribution in [0.5, 0.6) is 0 Å². The summed E-state index contributed by atoms with van der Waals surface area (Å²) in [5, 5.41) is 0. The van der Waals surface area contributed by atoms with Gasteiger partial charge in [0, 0.05) is 10.2 Å². The molecule has 1 aromatic carbocycles. The fourth-order valence-corrected chi connectivity index (χ4v) is 3.02. The molecule has 0 atom stereocenters. The molecule has 1 spiro atoms. The Morgan fingerprint density at radius 2 is 1.81 bits per heavy atom. The van der Waals surface area contributed by atoms with Gasteiger partial charge in [0.2, 0.25) is 5.91 Å². The highest BCUT2D eigenvalue weighted by atomic mass is 79.9. The minimum absolute atomic E-state index is 0.135. The number of alkyl halides is 5. The first-order valence-electron chi connectivity index (χ1n) is 6.15. The van der Waals surface area contributed by atoms with Gasteiger partial charge >= 0.3 is 12.1 Å². The van der Waals surface area contributed by atoms with E-state index in [-0.39, 0.29) is 5.69 Å². The van der Waals surface area contributed by atoms with E-state index in [1.165, 1.54) is 6.07 Å². The molecule has 1 heterocycles. The predicted molar refractivity (Wildman–Crippen MR) is 68.4 cm³/mol. The lowest BCUT2D eigenvalue weighted by molar-refractivity contribution is -0.276. The van der Waals surface area contributed by atoms with Gasteiger partial charge < -0.3 is 4.90 Å². The van der Waals surface area contributed by atoms with E-state index in [1.807, 2.05) is 0 Å². The standard InChI is InChI=1S/C13H9BrF5NO/c14-7-1-2-8-9(5-7)20(10(21)11(8)3-4-11)6-12(15,16)13(17,18)19/h1-2,5H,3-4,6H2. The Balaban J connectivity index is 2.01. The van der Waals surface area contributed by atoms with Crippen molar-refractivity contribution in [3.63, 3.8) is 0 Å². The van der Waals surface area contributed by atoms with Crippen LogP contribution in [-0.4, -0.2) is 24.6 Å². The van der Waals surface area contributed by atoms with Gasteiger partial charge in [0.1, 0.15) is 0 Å². The van der Waals surface area contributed by atoms with E-state index in [9.17, 15) is 26.7 Å². The molecule has 2 nitrogen and oxygen atoms in total. The van der Waals surface area contributed by atoms with Crippen LogP contribution in [0.2, 0.25) is 0 Å². The van der Waals surface area contributed by atoms with Gasteiger partial charge in [-0.15, -0.1) is 0 Å². The van der Waals surface area contributed by atoms with Gasteiger partial charge in [-0.25, -0.2) is 0 Å². The molecule has 0 unspecified atom stereocenters. The van der Waals surface area contributed by atoms with Crippen LogP contribution in [0, 0.1) is 0 Å². The second-order valence-corrected chi connectivity index (χ2v) is 6.25. The number of hydrogen-bond acceptors (Lipinski definition) is 1. The molecule has 0 radical (unpaired) electrons. The van der Waals surface area contributed by atoms with Crippen molar-refractivity contribution in [1.29, 1.82) is 0 Å². The minimum Gasteiger partial charge on any atom is -0.305 e. The number of amides is 1. The molecule has 1 amide bonds. The van der Waals surface area contributed by atoms with E-state index in [0.29, 0.717) is 27.8 Å². The Labute approximate surface area is 125 Å². The van der Waals surface area contributed by atoms with Gasteiger partial charge in [-0.3, -0.25) is 4.79 Å². The zero-order valence-corrected chi connectivity index (χ0v) is 12.1. The van der Waals surface area contributed by atoms with Gasteiger partial charge in [0.05, 0.1) is 12.0 Å². The third-order valence-corrected chi connectivity index (χ3v) is 4.44. The number of halogens is 6. The largest absolute Gasteiger partial charge is 0.455 e. The molecule has 0 saturated heterocycles. The van der Waals surface area contributed by atoms with E-state index >= 15 is 0 Å². The van der Waals surface area contributed by atoms with Crippen LogP contribution in [0.1, 0.15) is 18.4 Å². The Morgan fingerprint density at radius 1 is 1.19 bits per heavy atom. The summed E-state index contributed by atoms with van der Waals surface area (Å²) < 4.78 is 64.2. The second kappa shape index (κ2) is 4.18. The molecule has 2 aliphatic rings. The third-order valence-electron chi connectivity index (χ3n) is 3.94. The second-order valence-electron chi connectivity index (χ2n) is 5.34. The zero-order valence-electron chi connectivity index (χ0n) is 10.5. The topological polar surface area (TPSA) is 20.3 Å². The molecular weight excluding hydrogens is 361 g/mol. The molecule has 8 heteroatoms. The van der Waals surface area contributed by atoms with E-state index < -0.39 is 30.0 Å². The highest BCUT2D eigenvalue weighted by Crippen LogP contribution is 2.58. The van der Waals surface area contributed by atoms with Crippen molar-refractivity contribution in [2.45, 2.75) is 30.4 Å². The molecule has 1 fully saturated rings. The summed E-state index contributed by atoms with van der Waals surface area (Å²) in [6.45, 7) is -1.68. The lowest BCUT2D eigenvalue weighted by Crippen LogP contribution is -2.49. The fraction of sp³-hybridized carbons (Fsp3) is 0.462. The Kier molecular flexibility index (Phi) is 2.93. The molecule has 1 aromatic rings. The van der Waals surface area contributed by atoms with E-state index in [1.54, 1.807) is 12.1 Å². The zero-order chi connectivity index (χ0) is 15.6. The highest BCUT2D eigenvalue weighted by Gasteiger charge is 2.64. The molecule has 1 aliphatic heterocycles. The van der Waals surface area contributed by atoms with Crippen LogP contribution in [0.4, 0.5) is 27.6 Å². The summed E-state index contributed by atoms with van der Waals surface area (Å²) in [6.07, 6.45) is -4.72. The smallest absolute Gasteiger partial charge is 0.305 e. The predicted octanol–water partition coefficient (Wildman–Crippen LogP) is 4.02. The van der Waals surface area contributed by atoms with Gasteiger partial charge in [-0.2, -0.15) is 22.0 Å². The minimum atomic E-state index is -5.68. The van der Waals surface area contributed by atoms with Crippen molar-refractivity contribution >= 4 is 27.5 Å². The third kappa shape index (κ3) is 2.06. The molecule has 3 rings (SSSR count). The number of fused-ring (bicyclic) bond motifs is 2. The molecular formula is C13H9BrF5NO. The summed E-state index contributed by atoms with van der Waals surface area (Å²) in [5.41, 5.74) is -0.220. The van der Waals surface area contributed by atoms with Crippen LogP contribution >= 0.6 is 15.9 Å². The average molecular weight is 370 g/mol. The van der Waals surface area contributed by atoms with E-state index in [2.05, 4.69) is 15.9 Å². The van der Waals surface area contributed by atoms with Crippen LogP contribution in [0.25, 0.3) is 0 Å². The quantitative estimate of drug-likeness (QED) is 0.721. The summed E-state index contributed by atoms with van der Waals surface area (Å²) >= 11 is 3.14. The summed E-state index contributed by atoms with van der Waals surface area (Å²) in [5.74, 6) is -5.61. The number of carbonyl (C=O) groups is 1. The van der Waals surface area contributed by atoms with Crippen molar-refractivity contribution in [1.82, 2.24) is 0 Å². The van der Waals surface area contributed by atoms with Crippen LogP contribution in [-0.2, 0) is 10.2 Å². The van der Waals surface area contributed by atoms with Gasteiger partial charge in [-0.1, -0.05) is 22.0 Å². The number of rotatable bonds is 2. The molecule has 21 heavy (non-hydrogen) atoms. The molecule has 1 aliphatic carbocycles. The first-order valence-corrected chi connectivity index (χ1v) is 6.94. The van der Waals surface area contributed by atoms with Crippen LogP contribution in [0.15, 0.2) is 22.7 Å². The van der Waals surface area contributed by atoms with E-state index in [4.69, 9.17) is 0 Å². The maximum absolute atomic E-state index is 13.3.